The fraction of sp³-hybridized carbons (Fsp3) is 0.412. The molecule has 0 radical (unpaired) electrons. The Kier molecular flexibility index (Phi) is 5.28. The number of hydrogen-bond donors (Lipinski definition) is 1. The number of nitrogens with zero attached hydrogens (tertiary/aromatic N) is 2. The van der Waals surface area contributed by atoms with Crippen molar-refractivity contribution < 1.29 is 4.74 Å². The van der Waals surface area contributed by atoms with E-state index in [9.17, 15) is 0 Å². The molecular weight excluding hydrogens is 262 g/mol. The number of hydrogen-bond acceptors (Lipinski definition) is 4. The van der Waals surface area contributed by atoms with Gasteiger partial charge in [0.15, 0.2) is 0 Å². The van der Waals surface area contributed by atoms with E-state index in [0.717, 1.165) is 29.2 Å². The molecule has 0 saturated carbocycles. The van der Waals surface area contributed by atoms with Crippen molar-refractivity contribution in [1.29, 1.82) is 0 Å². The summed E-state index contributed by atoms with van der Waals surface area (Å²) in [4.78, 5) is 8.87. The molecule has 1 heterocycles. The molecule has 0 bridgehead atoms. The molecule has 112 valence electrons. The molecular formula is C17H23N3O. The Bertz CT molecular complexity index is 567. The molecule has 1 N–H and O–H groups in total. The van der Waals surface area contributed by atoms with Crippen LogP contribution in [-0.2, 0) is 0 Å². The zero-order valence-corrected chi connectivity index (χ0v) is 13.1. The third kappa shape index (κ3) is 4.02. The van der Waals surface area contributed by atoms with Crippen LogP contribution in [0.2, 0.25) is 0 Å². The number of ether oxygens (including phenoxy) is 1. The van der Waals surface area contributed by atoms with Crippen molar-refractivity contribution in [2.75, 3.05) is 6.54 Å². The maximum Gasteiger partial charge on any atom is 0.124 e. The maximum absolute atomic E-state index is 5.93. The minimum atomic E-state index is -0.0157. The Balaban J connectivity index is 2.40. The summed E-state index contributed by atoms with van der Waals surface area (Å²) in [6, 6.07) is 8.07. The molecule has 1 aromatic carbocycles. The van der Waals surface area contributed by atoms with Gasteiger partial charge in [0.25, 0.3) is 0 Å². The highest BCUT2D eigenvalue weighted by atomic mass is 16.5. The fourth-order valence-electron chi connectivity index (χ4n) is 2.21. The first-order valence-electron chi connectivity index (χ1n) is 7.39. The SMILES string of the molecule is CCNC(c1cnc(C)cn1)c1ccccc1OC(C)C. The second-order valence-corrected chi connectivity index (χ2v) is 5.28. The Morgan fingerprint density at radius 2 is 1.90 bits per heavy atom. The van der Waals surface area contributed by atoms with Crippen molar-refractivity contribution >= 4 is 0 Å². The van der Waals surface area contributed by atoms with Crippen molar-refractivity contribution in [3.63, 3.8) is 0 Å². The van der Waals surface area contributed by atoms with Gasteiger partial charge in [-0.15, -0.1) is 0 Å². The Morgan fingerprint density at radius 3 is 2.52 bits per heavy atom. The van der Waals surface area contributed by atoms with Gasteiger partial charge in [-0.05, 0) is 33.4 Å². The van der Waals surface area contributed by atoms with Gasteiger partial charge >= 0.3 is 0 Å². The van der Waals surface area contributed by atoms with E-state index in [1.807, 2.05) is 45.2 Å². The molecule has 0 aliphatic carbocycles. The standard InChI is InChI=1S/C17H23N3O/c1-5-18-17(15-11-19-13(4)10-20-15)14-8-6-7-9-16(14)21-12(2)3/h6-12,17-18H,5H2,1-4H3. The fourth-order valence-corrected chi connectivity index (χ4v) is 2.21. The van der Waals surface area contributed by atoms with Crippen LogP contribution in [-0.4, -0.2) is 22.6 Å². The molecule has 0 aliphatic rings. The first-order valence-corrected chi connectivity index (χ1v) is 7.39. The maximum atomic E-state index is 5.93. The second-order valence-electron chi connectivity index (χ2n) is 5.28. The van der Waals surface area contributed by atoms with Crippen LogP contribution in [0.25, 0.3) is 0 Å². The summed E-state index contributed by atoms with van der Waals surface area (Å²) in [5.41, 5.74) is 2.91. The minimum absolute atomic E-state index is 0.0157. The smallest absolute Gasteiger partial charge is 0.124 e. The minimum Gasteiger partial charge on any atom is -0.491 e. The zero-order chi connectivity index (χ0) is 15.2. The molecule has 1 unspecified atom stereocenters. The van der Waals surface area contributed by atoms with E-state index < -0.39 is 0 Å². The molecule has 0 aliphatic heterocycles. The van der Waals surface area contributed by atoms with Gasteiger partial charge < -0.3 is 10.1 Å². The van der Waals surface area contributed by atoms with E-state index in [0.29, 0.717) is 0 Å². The molecule has 1 atom stereocenters. The number of para-hydroxylation sites is 1. The van der Waals surface area contributed by atoms with Gasteiger partial charge in [0.05, 0.1) is 29.7 Å². The molecule has 1 aromatic heterocycles. The summed E-state index contributed by atoms with van der Waals surface area (Å²) >= 11 is 0. The molecule has 0 saturated heterocycles. The lowest BCUT2D eigenvalue weighted by Gasteiger charge is -2.22. The second kappa shape index (κ2) is 7.18. The molecule has 0 fully saturated rings. The van der Waals surface area contributed by atoms with E-state index in [4.69, 9.17) is 4.74 Å². The van der Waals surface area contributed by atoms with Crippen LogP contribution >= 0.6 is 0 Å². The van der Waals surface area contributed by atoms with E-state index >= 15 is 0 Å². The van der Waals surface area contributed by atoms with Crippen LogP contribution in [0.1, 0.15) is 43.8 Å². The zero-order valence-electron chi connectivity index (χ0n) is 13.1. The summed E-state index contributed by atoms with van der Waals surface area (Å²) in [5, 5.41) is 3.47. The Labute approximate surface area is 126 Å². The van der Waals surface area contributed by atoms with Crippen LogP contribution < -0.4 is 10.1 Å². The van der Waals surface area contributed by atoms with E-state index in [-0.39, 0.29) is 12.1 Å². The molecule has 2 aromatic rings. The first-order chi connectivity index (χ1) is 10.1. The van der Waals surface area contributed by atoms with Gasteiger partial charge in [0, 0.05) is 11.8 Å². The summed E-state index contributed by atoms with van der Waals surface area (Å²) in [6.07, 6.45) is 3.76. The van der Waals surface area contributed by atoms with Gasteiger partial charge in [-0.25, -0.2) is 0 Å². The third-order valence-corrected chi connectivity index (χ3v) is 3.10. The molecule has 2 rings (SSSR count). The van der Waals surface area contributed by atoms with Crippen molar-refractivity contribution in [2.24, 2.45) is 0 Å². The van der Waals surface area contributed by atoms with Crippen molar-refractivity contribution in [3.8, 4) is 5.75 Å². The summed E-state index contributed by atoms with van der Waals surface area (Å²) in [5.74, 6) is 0.890. The van der Waals surface area contributed by atoms with Gasteiger partial charge in [-0.2, -0.15) is 0 Å². The van der Waals surface area contributed by atoms with Gasteiger partial charge in [-0.1, -0.05) is 25.1 Å². The van der Waals surface area contributed by atoms with E-state index in [2.05, 4.69) is 28.3 Å². The lowest BCUT2D eigenvalue weighted by atomic mass is 10.0. The van der Waals surface area contributed by atoms with E-state index in [1.165, 1.54) is 0 Å². The van der Waals surface area contributed by atoms with Gasteiger partial charge in [-0.3, -0.25) is 9.97 Å². The molecule has 0 amide bonds. The largest absolute Gasteiger partial charge is 0.491 e. The summed E-state index contributed by atoms with van der Waals surface area (Å²) in [7, 11) is 0. The Morgan fingerprint density at radius 1 is 1.14 bits per heavy atom. The van der Waals surface area contributed by atoms with Crippen molar-refractivity contribution in [3.05, 3.63) is 53.6 Å². The highest BCUT2D eigenvalue weighted by Crippen LogP contribution is 2.29. The lowest BCUT2D eigenvalue weighted by Crippen LogP contribution is -2.24. The molecule has 0 spiro atoms. The summed E-state index contributed by atoms with van der Waals surface area (Å²) in [6.45, 7) is 8.93. The predicted octanol–water partition coefficient (Wildman–Crippen LogP) is 3.27. The number of nitrogens with one attached hydrogen (secondary N) is 1. The highest BCUT2D eigenvalue weighted by Gasteiger charge is 2.19. The first kappa shape index (κ1) is 15.4. The van der Waals surface area contributed by atoms with Crippen LogP contribution in [0.5, 0.6) is 5.75 Å². The monoisotopic (exact) mass is 285 g/mol. The number of benzene rings is 1. The number of rotatable bonds is 6. The molecule has 4 heteroatoms. The topological polar surface area (TPSA) is 47.0 Å². The normalized spacial score (nSPS) is 12.4. The van der Waals surface area contributed by atoms with Crippen LogP contribution in [0.4, 0.5) is 0 Å². The van der Waals surface area contributed by atoms with E-state index in [1.54, 1.807) is 6.20 Å². The number of aryl methyl sites for hydroxylation is 1. The van der Waals surface area contributed by atoms with Crippen LogP contribution in [0, 0.1) is 6.92 Å². The highest BCUT2D eigenvalue weighted by molar-refractivity contribution is 5.39. The summed E-state index contributed by atoms with van der Waals surface area (Å²) < 4.78 is 5.93. The van der Waals surface area contributed by atoms with Crippen molar-refractivity contribution in [2.45, 2.75) is 39.8 Å². The third-order valence-electron chi connectivity index (χ3n) is 3.10. The number of aromatic nitrogens is 2. The Hall–Kier alpha value is -1.94. The quantitative estimate of drug-likeness (QED) is 0.885. The molecule has 21 heavy (non-hydrogen) atoms. The van der Waals surface area contributed by atoms with Crippen LogP contribution in [0.3, 0.4) is 0 Å². The van der Waals surface area contributed by atoms with Gasteiger partial charge in [0.2, 0.25) is 0 Å². The predicted molar refractivity (Wildman–Crippen MR) is 84.5 cm³/mol. The van der Waals surface area contributed by atoms with Crippen molar-refractivity contribution in [1.82, 2.24) is 15.3 Å². The van der Waals surface area contributed by atoms with Crippen LogP contribution in [0.15, 0.2) is 36.7 Å². The average Bonchev–Trinajstić information content (AvgIpc) is 2.46. The molecule has 4 nitrogen and oxygen atoms in total. The van der Waals surface area contributed by atoms with Gasteiger partial charge in [0.1, 0.15) is 5.75 Å². The lowest BCUT2D eigenvalue weighted by molar-refractivity contribution is 0.238. The average molecular weight is 285 g/mol.